The maximum absolute atomic E-state index is 11.7. The third-order valence-corrected chi connectivity index (χ3v) is 4.03. The summed E-state index contributed by atoms with van der Waals surface area (Å²) in [6.45, 7) is 7.11. The molecule has 0 bridgehead atoms. The van der Waals surface area contributed by atoms with Crippen molar-refractivity contribution in [1.82, 2.24) is 5.32 Å². The van der Waals surface area contributed by atoms with Crippen LogP contribution in [0.25, 0.3) is 0 Å². The fraction of sp³-hybridized carbons (Fsp3) is 0.923. The zero-order chi connectivity index (χ0) is 12.1. The van der Waals surface area contributed by atoms with Gasteiger partial charge >= 0.3 is 0 Å². The Morgan fingerprint density at radius 2 is 2.19 bits per heavy atom. The van der Waals surface area contributed by atoms with E-state index in [-0.39, 0.29) is 5.91 Å². The van der Waals surface area contributed by atoms with Crippen molar-refractivity contribution >= 4 is 5.91 Å². The van der Waals surface area contributed by atoms with Gasteiger partial charge in [0.25, 0.3) is 0 Å². The van der Waals surface area contributed by atoms with E-state index >= 15 is 0 Å². The van der Waals surface area contributed by atoms with E-state index in [1.54, 1.807) is 0 Å². The first-order valence-electron chi connectivity index (χ1n) is 6.57. The second kappa shape index (κ2) is 6.24. The van der Waals surface area contributed by atoms with Crippen molar-refractivity contribution in [2.24, 2.45) is 23.5 Å². The Morgan fingerprint density at radius 1 is 1.50 bits per heavy atom. The Hall–Kier alpha value is -0.570. The van der Waals surface area contributed by atoms with Gasteiger partial charge in [-0.25, -0.2) is 0 Å². The highest BCUT2D eigenvalue weighted by atomic mass is 16.1. The molecule has 3 heteroatoms. The summed E-state index contributed by atoms with van der Waals surface area (Å²) in [5.41, 5.74) is 5.52. The van der Waals surface area contributed by atoms with Gasteiger partial charge in [0.2, 0.25) is 5.91 Å². The molecule has 1 fully saturated rings. The molecule has 0 aromatic rings. The van der Waals surface area contributed by atoms with E-state index in [1.807, 2.05) is 6.92 Å². The number of amides is 1. The molecule has 94 valence electrons. The number of carbonyl (C=O) groups excluding carboxylic acids is 1. The largest absolute Gasteiger partial charge is 0.353 e. The fourth-order valence-electron chi connectivity index (χ4n) is 2.69. The molecule has 0 radical (unpaired) electrons. The van der Waals surface area contributed by atoms with Gasteiger partial charge in [-0.1, -0.05) is 27.2 Å². The van der Waals surface area contributed by atoms with Crippen LogP contribution < -0.4 is 11.1 Å². The number of rotatable bonds is 5. The van der Waals surface area contributed by atoms with E-state index in [1.165, 1.54) is 12.8 Å². The number of nitrogens with two attached hydrogens (primary N) is 1. The fourth-order valence-corrected chi connectivity index (χ4v) is 2.69. The molecule has 3 nitrogen and oxygen atoms in total. The lowest BCUT2D eigenvalue weighted by molar-refractivity contribution is -0.122. The lowest BCUT2D eigenvalue weighted by atomic mass is 9.93. The second-order valence-corrected chi connectivity index (χ2v) is 5.32. The van der Waals surface area contributed by atoms with Crippen molar-refractivity contribution in [3.05, 3.63) is 0 Å². The average molecular weight is 226 g/mol. The Balaban J connectivity index is 2.35. The Morgan fingerprint density at radius 3 is 2.69 bits per heavy atom. The lowest BCUT2D eigenvalue weighted by Crippen LogP contribution is -2.38. The summed E-state index contributed by atoms with van der Waals surface area (Å²) >= 11 is 0. The quantitative estimate of drug-likeness (QED) is 0.752. The van der Waals surface area contributed by atoms with Crippen molar-refractivity contribution in [3.8, 4) is 0 Å². The zero-order valence-corrected chi connectivity index (χ0v) is 10.8. The molecule has 1 aliphatic carbocycles. The summed E-state index contributed by atoms with van der Waals surface area (Å²) in [4.78, 5) is 11.7. The normalized spacial score (nSPS) is 31.4. The number of hydrogen-bond donors (Lipinski definition) is 2. The maximum Gasteiger partial charge on any atom is 0.220 e. The summed E-state index contributed by atoms with van der Waals surface area (Å²) in [7, 11) is 0. The minimum atomic E-state index is 0.173. The van der Waals surface area contributed by atoms with Crippen molar-refractivity contribution in [3.63, 3.8) is 0 Å². The molecule has 0 aliphatic heterocycles. The van der Waals surface area contributed by atoms with Crippen LogP contribution in [0.15, 0.2) is 0 Å². The van der Waals surface area contributed by atoms with Crippen molar-refractivity contribution in [1.29, 1.82) is 0 Å². The molecule has 0 heterocycles. The van der Waals surface area contributed by atoms with E-state index in [4.69, 9.17) is 5.73 Å². The zero-order valence-electron chi connectivity index (χ0n) is 10.8. The molecule has 4 unspecified atom stereocenters. The SMILES string of the molecule is CCC1CCC(NC(=O)CC(C)CN)C1C. The van der Waals surface area contributed by atoms with Crippen molar-refractivity contribution < 1.29 is 4.79 Å². The Labute approximate surface area is 99.2 Å². The third-order valence-electron chi connectivity index (χ3n) is 4.03. The molecule has 0 saturated heterocycles. The molecule has 0 spiro atoms. The van der Waals surface area contributed by atoms with Gasteiger partial charge in [-0.3, -0.25) is 4.79 Å². The predicted molar refractivity (Wildman–Crippen MR) is 66.9 cm³/mol. The highest BCUT2D eigenvalue weighted by Gasteiger charge is 2.32. The minimum Gasteiger partial charge on any atom is -0.353 e. The molecule has 0 aromatic heterocycles. The van der Waals surface area contributed by atoms with Crippen LogP contribution in [0.1, 0.15) is 46.5 Å². The third kappa shape index (κ3) is 3.48. The molecule has 3 N–H and O–H groups in total. The highest BCUT2D eigenvalue weighted by Crippen LogP contribution is 2.33. The highest BCUT2D eigenvalue weighted by molar-refractivity contribution is 5.76. The molecular weight excluding hydrogens is 200 g/mol. The van der Waals surface area contributed by atoms with Crippen LogP contribution in [0.4, 0.5) is 0 Å². The summed E-state index contributed by atoms with van der Waals surface area (Å²) in [5.74, 6) is 1.88. The van der Waals surface area contributed by atoms with Gasteiger partial charge in [-0.2, -0.15) is 0 Å². The molecule has 1 rings (SSSR count). The van der Waals surface area contributed by atoms with Crippen LogP contribution in [0.3, 0.4) is 0 Å². The molecular formula is C13H26N2O. The monoisotopic (exact) mass is 226 g/mol. The van der Waals surface area contributed by atoms with E-state index in [2.05, 4.69) is 19.2 Å². The summed E-state index contributed by atoms with van der Waals surface area (Å²) in [6, 6.07) is 0.391. The first kappa shape index (κ1) is 13.5. The predicted octanol–water partition coefficient (Wildman–Crippen LogP) is 1.91. The topological polar surface area (TPSA) is 55.1 Å². The van der Waals surface area contributed by atoms with Gasteiger partial charge < -0.3 is 11.1 Å². The second-order valence-electron chi connectivity index (χ2n) is 5.32. The van der Waals surface area contributed by atoms with Gasteiger partial charge in [0, 0.05) is 12.5 Å². The minimum absolute atomic E-state index is 0.173. The van der Waals surface area contributed by atoms with Crippen LogP contribution in [0.2, 0.25) is 0 Å². The smallest absolute Gasteiger partial charge is 0.220 e. The molecule has 1 amide bonds. The molecule has 4 atom stereocenters. The van der Waals surface area contributed by atoms with Crippen molar-refractivity contribution in [2.45, 2.75) is 52.5 Å². The lowest BCUT2D eigenvalue weighted by Gasteiger charge is -2.21. The van der Waals surface area contributed by atoms with Crippen LogP contribution in [-0.4, -0.2) is 18.5 Å². The number of carbonyl (C=O) groups is 1. The van der Waals surface area contributed by atoms with Gasteiger partial charge in [0.1, 0.15) is 0 Å². The maximum atomic E-state index is 11.7. The van der Waals surface area contributed by atoms with Gasteiger partial charge in [0.05, 0.1) is 0 Å². The number of nitrogens with one attached hydrogen (secondary N) is 1. The molecule has 0 aromatic carbocycles. The van der Waals surface area contributed by atoms with E-state index in [0.717, 1.165) is 12.3 Å². The number of hydrogen-bond acceptors (Lipinski definition) is 2. The Kier molecular flexibility index (Phi) is 5.26. The summed E-state index contributed by atoms with van der Waals surface area (Å²) < 4.78 is 0. The van der Waals surface area contributed by atoms with Crippen LogP contribution in [0.5, 0.6) is 0 Å². The Bertz CT molecular complexity index is 230. The van der Waals surface area contributed by atoms with Gasteiger partial charge in [-0.15, -0.1) is 0 Å². The standard InChI is InChI=1S/C13H26N2O/c1-4-11-5-6-12(10(11)3)15-13(16)7-9(2)8-14/h9-12H,4-8,14H2,1-3H3,(H,15,16). The molecule has 16 heavy (non-hydrogen) atoms. The first-order chi connectivity index (χ1) is 7.58. The van der Waals surface area contributed by atoms with Crippen molar-refractivity contribution in [2.75, 3.05) is 6.54 Å². The van der Waals surface area contributed by atoms with E-state index < -0.39 is 0 Å². The van der Waals surface area contributed by atoms with Crippen LogP contribution >= 0.6 is 0 Å². The van der Waals surface area contributed by atoms with Gasteiger partial charge in [0.15, 0.2) is 0 Å². The van der Waals surface area contributed by atoms with E-state index in [9.17, 15) is 4.79 Å². The first-order valence-corrected chi connectivity index (χ1v) is 6.57. The van der Waals surface area contributed by atoms with Gasteiger partial charge in [-0.05, 0) is 37.1 Å². The van der Waals surface area contributed by atoms with E-state index in [0.29, 0.717) is 30.8 Å². The average Bonchev–Trinajstić information content (AvgIpc) is 2.59. The van der Waals surface area contributed by atoms with Crippen LogP contribution in [0, 0.1) is 17.8 Å². The van der Waals surface area contributed by atoms with Crippen LogP contribution in [-0.2, 0) is 4.79 Å². The summed E-state index contributed by atoms with van der Waals surface area (Å²) in [5, 5.41) is 3.16. The molecule has 1 aliphatic rings. The molecule has 1 saturated carbocycles. The summed E-state index contributed by atoms with van der Waals surface area (Å²) in [6.07, 6.45) is 4.20.